The molecule has 37 N–H and O–H groups in total. The first-order valence-corrected chi connectivity index (χ1v) is 47.0. The summed E-state index contributed by atoms with van der Waals surface area (Å²) < 4.78 is 137. The Balaban J connectivity index is 0.850. The third kappa shape index (κ3) is 26.8. The molecule has 0 aromatic carbocycles. The zero-order valence-electron chi connectivity index (χ0n) is 79.2. The number of aliphatic hydroxyl groups excluding tert-OH is 32. The zero-order valence-corrected chi connectivity index (χ0v) is 79.2. The molecule has 0 aromatic heterocycles. The van der Waals surface area contributed by atoms with E-state index in [1.807, 2.05) is 0 Å². The first-order chi connectivity index (χ1) is 69.5. The molecule has 5 amide bonds. The molecule has 12 fully saturated rings. The van der Waals surface area contributed by atoms with Gasteiger partial charge in [0.15, 0.2) is 75.5 Å². The molecular formula is C82H137N5O60. The molecule has 12 aliphatic rings. The molecule has 0 bridgehead atoms. The number of rotatable bonds is 38. The fourth-order valence-electron chi connectivity index (χ4n) is 19.2. The summed E-state index contributed by atoms with van der Waals surface area (Å²) in [5, 5.41) is 373. The maximum absolute atomic E-state index is 13.4. The minimum atomic E-state index is -2.71. The highest BCUT2D eigenvalue weighted by Crippen LogP contribution is 2.43. The predicted molar refractivity (Wildman–Crippen MR) is 452 cm³/mol. The van der Waals surface area contributed by atoms with Crippen LogP contribution < -0.4 is 26.6 Å². The van der Waals surface area contributed by atoms with Gasteiger partial charge in [0, 0.05) is 34.6 Å². The van der Waals surface area contributed by atoms with E-state index in [2.05, 4.69) is 26.6 Å². The molecule has 147 heavy (non-hydrogen) atoms. The highest BCUT2D eigenvalue weighted by atomic mass is 16.8. The number of hydrogen-bond donors (Lipinski definition) is 37. The SMILES string of the molecule is CC(=O)N[C@@H]1[C@H](O[C@@H]2[C@@H](O[C@@H]3[C@H](O)[C@H](O[C@H]4[C@H](O)[C@@H](NC(C)=O)[C@H](O[C@H]5[C@H](O)[C@@H](NC(C)=O)C(O)O[C@@H]5CO[C@@H]5O[C@@H](C)[C@@H](O)[C@@H](O)[C@@H]5O)O[C@@H]4CO)O[C@H](CO[C@H]4O[C@H](CO)[C@@H](O)[C@H](O)[C@@H]4O[C@@H]4O[C@H](CO)[C@@H](O[C@@H]5O[C@H](CO)[C@H](O)[C@H](O)[C@H]5O)[C@H](O)[C@H]4NC(C)=O)[C@H]3O)O[C@H](CO)[C@@H](O)[C@@H]2O)O[C@H](CO)[C@@H](O[C@@H]2O[C@H](CO)[C@H](O)[C@H](O[C@@H]3O[C@H](CO)[C@@H](O[C@@H]4O[C@H](CO)[C@H](O)[C@H](O)[C@H]4O)[C@H](O)[C@H]3NC(C)=O)[C@H]2O)[C@@H]1O. The number of carbonyl (C=O) groups is 5. The van der Waals surface area contributed by atoms with Crippen LogP contribution in [0.4, 0.5) is 0 Å². The highest BCUT2D eigenvalue weighted by Gasteiger charge is 2.64. The molecule has 12 aliphatic heterocycles. The smallest absolute Gasteiger partial charge is 0.217 e. The van der Waals surface area contributed by atoms with Gasteiger partial charge in [-0.25, -0.2) is 0 Å². The summed E-state index contributed by atoms with van der Waals surface area (Å²) in [5.41, 5.74) is 0. The lowest BCUT2D eigenvalue weighted by Crippen LogP contribution is -2.71. The minimum absolute atomic E-state index is 0.862. The van der Waals surface area contributed by atoms with Crippen LogP contribution in [0.25, 0.3) is 0 Å². The van der Waals surface area contributed by atoms with Crippen molar-refractivity contribution in [2.24, 2.45) is 0 Å². The van der Waals surface area contributed by atoms with Gasteiger partial charge >= 0.3 is 0 Å². The van der Waals surface area contributed by atoms with Gasteiger partial charge in [-0.05, 0) is 6.92 Å². The first-order valence-electron chi connectivity index (χ1n) is 47.0. The Hall–Kier alpha value is -4.85. The van der Waals surface area contributed by atoms with E-state index in [0.717, 1.165) is 34.6 Å². The average Bonchev–Trinajstić information content (AvgIpc) is 0.763. The van der Waals surface area contributed by atoms with E-state index in [-0.39, 0.29) is 0 Å². The van der Waals surface area contributed by atoms with Crippen molar-refractivity contribution in [2.45, 2.75) is 410 Å². The molecule has 12 saturated heterocycles. The van der Waals surface area contributed by atoms with Gasteiger partial charge in [0.05, 0.1) is 78.8 Å². The second-order valence-electron chi connectivity index (χ2n) is 37.3. The molecule has 0 radical (unpaired) electrons. The Morgan fingerprint density at radius 1 is 0.190 bits per heavy atom. The molecule has 850 valence electrons. The lowest BCUT2D eigenvalue weighted by atomic mass is 9.93. The number of carbonyl (C=O) groups excluding carboxylic acids is 5. The van der Waals surface area contributed by atoms with Gasteiger partial charge in [-0.3, -0.25) is 24.0 Å². The van der Waals surface area contributed by atoms with E-state index in [1.165, 1.54) is 6.92 Å². The number of nitrogens with one attached hydrogen (secondary N) is 5. The Morgan fingerprint density at radius 3 is 0.762 bits per heavy atom. The van der Waals surface area contributed by atoms with Gasteiger partial charge in [-0.15, -0.1) is 0 Å². The van der Waals surface area contributed by atoms with Crippen molar-refractivity contribution in [3.8, 4) is 0 Å². The summed E-state index contributed by atoms with van der Waals surface area (Å²) in [4.78, 5) is 65.2. The molecule has 0 saturated carbocycles. The van der Waals surface area contributed by atoms with Gasteiger partial charge in [-0.1, -0.05) is 0 Å². The number of amides is 5. The summed E-state index contributed by atoms with van der Waals surface area (Å²) in [5.74, 6) is -4.89. The van der Waals surface area contributed by atoms with Gasteiger partial charge in [-0.2, -0.15) is 0 Å². The summed E-state index contributed by atoms with van der Waals surface area (Å²) in [6.45, 7) is -6.79. The highest BCUT2D eigenvalue weighted by molar-refractivity contribution is 5.75. The van der Waals surface area contributed by atoms with Crippen LogP contribution in [0.3, 0.4) is 0 Å². The van der Waals surface area contributed by atoms with Crippen molar-refractivity contribution in [3.05, 3.63) is 0 Å². The summed E-state index contributed by atoms with van der Waals surface area (Å²) in [6.07, 6.45) is -117. The third-order valence-corrected chi connectivity index (χ3v) is 27.0. The molecule has 0 aliphatic carbocycles. The summed E-state index contributed by atoms with van der Waals surface area (Å²) in [6, 6.07) is -9.90. The monoisotopic (exact) mass is 2150 g/mol. The van der Waals surface area contributed by atoms with Crippen LogP contribution in [0.15, 0.2) is 0 Å². The maximum atomic E-state index is 13.4. The van der Waals surface area contributed by atoms with E-state index in [9.17, 15) is 187 Å². The van der Waals surface area contributed by atoms with Gasteiger partial charge < -0.3 is 299 Å². The Labute approximate surface area is 832 Å². The molecule has 12 rings (SSSR count). The van der Waals surface area contributed by atoms with Crippen molar-refractivity contribution in [1.29, 1.82) is 0 Å². The van der Waals surface area contributed by atoms with E-state index in [1.54, 1.807) is 0 Å². The Kier molecular flexibility index (Phi) is 43.4. The van der Waals surface area contributed by atoms with E-state index >= 15 is 0 Å². The van der Waals surface area contributed by atoms with Crippen LogP contribution in [-0.4, -0.2) is 634 Å². The molecule has 60 atom stereocenters. The molecule has 65 nitrogen and oxygen atoms in total. The van der Waals surface area contributed by atoms with Gasteiger partial charge in [0.25, 0.3) is 0 Å². The molecule has 12 heterocycles. The normalized spacial score (nSPS) is 49.6. The zero-order chi connectivity index (χ0) is 108. The molecule has 1 unspecified atom stereocenters. The summed E-state index contributed by atoms with van der Waals surface area (Å²) in [7, 11) is 0. The Bertz CT molecular complexity index is 4110. The van der Waals surface area contributed by atoms with Crippen molar-refractivity contribution in [2.75, 3.05) is 72.7 Å². The van der Waals surface area contributed by atoms with Crippen LogP contribution >= 0.6 is 0 Å². The van der Waals surface area contributed by atoms with Crippen LogP contribution in [-0.2, 0) is 133 Å². The van der Waals surface area contributed by atoms with Crippen molar-refractivity contribution >= 4 is 29.5 Å². The second kappa shape index (κ2) is 52.8. The standard InChI is InChI=1S/C82H137N5O60/c1-18-40(102)52(114)57(119)76(127-18)125-17-34-66(47(109)35(71(124)128-34)83-19(2)97)139-72-36(84-20(3)98)48(110)65(31(14-95)134-72)143-80-61(123)68(46(108)33(138-80)16-126-81-69(55(117)43(105)26(9-90)132-81)146-74-38(86-22(5)100)50(112)63(30(13-94)136-74)141-78-59(121)54(116)42(104)25(8-89)130-78)145-82-70(56(118)44(106)27(10-91)133-82)147-75-39(87-23(6)101)51(113)64(32(15-96)137-75)142-79-60(122)67(45(107)28(11-92)131-79)144-73-37(85-21(4)99)49(111)62(29(12-93)135-73)140-77-58(120)53(115)41(103)24(7-88)129-77/h18,24-82,88-96,102-124H,7-17H2,1-6H3,(H,83,97)(H,84,98)(H,85,99)(H,86,100)(H,87,101)/t18-,24+,25+,26+,27+,28+,29+,30+,31+,32+,33+,34+,35+,36+,37+,38+,39-,40+,41-,42-,43+,44+,45-,46+,47+,48+,49+,50+,51+,52+,53-,54-,55-,56-,57-,58+,59+,60+,61-,62+,63+,64+,65+,66+,67-,68-,69-,70-,71?,72-,73-,74-,75-,76+,77-,78-,79-,80-,81-,82+/m0/s1. The molecule has 0 aromatic rings. The molecule has 65 heteroatoms. The summed E-state index contributed by atoms with van der Waals surface area (Å²) >= 11 is 0. The topological polar surface area (TPSA) is 1010 Å². The van der Waals surface area contributed by atoms with Crippen LogP contribution in [0.5, 0.6) is 0 Å². The fourth-order valence-corrected chi connectivity index (χ4v) is 19.2. The van der Waals surface area contributed by atoms with Crippen molar-refractivity contribution in [1.82, 2.24) is 26.6 Å². The lowest BCUT2D eigenvalue weighted by molar-refractivity contribution is -0.400. The number of hydrogen-bond acceptors (Lipinski definition) is 60. The van der Waals surface area contributed by atoms with Gasteiger partial charge in [0.1, 0.15) is 287 Å². The van der Waals surface area contributed by atoms with Crippen molar-refractivity contribution in [3.63, 3.8) is 0 Å². The van der Waals surface area contributed by atoms with Crippen LogP contribution in [0.2, 0.25) is 0 Å². The van der Waals surface area contributed by atoms with Gasteiger partial charge in [0.2, 0.25) is 29.5 Å². The number of ether oxygens (including phenoxy) is 23. The predicted octanol–water partition coefficient (Wildman–Crippen LogP) is -25.4. The lowest BCUT2D eigenvalue weighted by Gasteiger charge is -2.51. The molecule has 0 spiro atoms. The first kappa shape index (κ1) is 121. The largest absolute Gasteiger partial charge is 0.394 e. The Morgan fingerprint density at radius 2 is 0.415 bits per heavy atom. The average molecular weight is 2150 g/mol. The quantitative estimate of drug-likeness (QED) is 0.0273. The van der Waals surface area contributed by atoms with Crippen LogP contribution in [0.1, 0.15) is 41.5 Å². The fraction of sp³-hybridized carbons (Fsp3) is 0.939. The van der Waals surface area contributed by atoms with E-state index < -0.39 is 470 Å². The van der Waals surface area contributed by atoms with Crippen molar-refractivity contribution < 1.29 is 296 Å². The number of aliphatic hydroxyl groups is 32. The minimum Gasteiger partial charge on any atom is -0.394 e. The van der Waals surface area contributed by atoms with Crippen LogP contribution in [0, 0.1) is 0 Å². The molecular weight excluding hydrogens is 2010 g/mol. The second-order valence-corrected chi connectivity index (χ2v) is 37.3. The van der Waals surface area contributed by atoms with E-state index in [0.29, 0.717) is 0 Å². The third-order valence-electron chi connectivity index (χ3n) is 27.0. The maximum Gasteiger partial charge on any atom is 0.217 e. The van der Waals surface area contributed by atoms with E-state index in [4.69, 9.17) is 109 Å².